The number of carboxylic acids is 1. The summed E-state index contributed by atoms with van der Waals surface area (Å²) in [6, 6.07) is 2.89. The molecule has 1 heterocycles. The quantitative estimate of drug-likeness (QED) is 0.644. The molecule has 0 fully saturated rings. The number of aliphatic carboxylic acids is 1. The predicted molar refractivity (Wildman–Crippen MR) is 66.7 cm³/mol. The lowest BCUT2D eigenvalue weighted by Gasteiger charge is -2.07. The van der Waals surface area contributed by atoms with Crippen molar-refractivity contribution in [3.05, 3.63) is 18.3 Å². The molecule has 1 aromatic heterocycles. The Morgan fingerprint density at radius 1 is 1.42 bits per heavy atom. The summed E-state index contributed by atoms with van der Waals surface area (Å²) in [5, 5.41) is 8.43. The molecule has 9 heteroatoms. The Labute approximate surface area is 110 Å². The van der Waals surface area contributed by atoms with Crippen LogP contribution in [0, 0.1) is 0 Å². The van der Waals surface area contributed by atoms with E-state index in [0.717, 1.165) is 0 Å². The van der Waals surface area contributed by atoms with Crippen molar-refractivity contribution in [1.29, 1.82) is 0 Å². The highest BCUT2D eigenvalue weighted by Crippen LogP contribution is 2.13. The fourth-order valence-electron chi connectivity index (χ4n) is 1.13. The molecule has 1 aromatic rings. The molecular weight excluding hydrogens is 276 g/mol. The van der Waals surface area contributed by atoms with Gasteiger partial charge in [0.15, 0.2) is 5.75 Å². The molecule has 0 radical (unpaired) electrons. The molecule has 0 saturated heterocycles. The highest BCUT2D eigenvalue weighted by molar-refractivity contribution is 7.93. The maximum atomic E-state index is 11.3. The van der Waals surface area contributed by atoms with Crippen LogP contribution in [-0.4, -0.2) is 50.6 Å². The van der Waals surface area contributed by atoms with Gasteiger partial charge < -0.3 is 14.6 Å². The lowest BCUT2D eigenvalue weighted by molar-refractivity contribution is -0.134. The molecule has 1 rings (SSSR count). The van der Waals surface area contributed by atoms with Crippen LogP contribution in [0.4, 0.5) is 5.69 Å². The van der Waals surface area contributed by atoms with Gasteiger partial charge in [0, 0.05) is 13.2 Å². The molecule has 2 N–H and O–H groups in total. The third kappa shape index (κ3) is 6.02. The number of anilines is 1. The number of sulfonamides is 1. The van der Waals surface area contributed by atoms with Crippen LogP contribution in [0.1, 0.15) is 0 Å². The number of carboxylic acid groups (broad SMARTS) is 1. The van der Waals surface area contributed by atoms with Gasteiger partial charge in [-0.2, -0.15) is 0 Å². The number of hydrogen-bond acceptors (Lipinski definition) is 6. The number of ether oxygens (including phenoxy) is 2. The Balaban J connectivity index is 2.59. The summed E-state index contributed by atoms with van der Waals surface area (Å²) in [5.41, 5.74) is 0.167. The second-order valence-corrected chi connectivity index (χ2v) is 5.20. The third-order valence-electron chi connectivity index (χ3n) is 1.86. The minimum atomic E-state index is -3.92. The molecular formula is C10H14N2O6S. The highest BCUT2D eigenvalue weighted by Gasteiger charge is 2.15. The molecule has 19 heavy (non-hydrogen) atoms. The number of nitrogens with one attached hydrogen (secondary N) is 1. The fraction of sp³-hybridized carbons (Fsp3) is 0.400. The summed E-state index contributed by atoms with van der Waals surface area (Å²) >= 11 is 0. The average Bonchev–Trinajstić information content (AvgIpc) is 2.29. The average molecular weight is 290 g/mol. The summed E-state index contributed by atoms with van der Waals surface area (Å²) in [7, 11) is -2.38. The van der Waals surface area contributed by atoms with Crippen LogP contribution >= 0.6 is 0 Å². The molecule has 0 bridgehead atoms. The van der Waals surface area contributed by atoms with Crippen molar-refractivity contribution in [3.63, 3.8) is 0 Å². The van der Waals surface area contributed by atoms with Crippen molar-refractivity contribution in [2.24, 2.45) is 0 Å². The minimum absolute atomic E-state index is 0.167. The monoisotopic (exact) mass is 290 g/mol. The zero-order valence-corrected chi connectivity index (χ0v) is 11.0. The van der Waals surface area contributed by atoms with Gasteiger partial charge in [-0.25, -0.2) is 13.4 Å². The van der Waals surface area contributed by atoms with Crippen LogP contribution < -0.4 is 9.46 Å². The molecule has 0 saturated carbocycles. The first-order chi connectivity index (χ1) is 8.93. The number of nitrogens with zero attached hydrogens (tertiary/aromatic N) is 1. The SMILES string of the molecule is COCCOc1ccc(NS(=O)(=O)CC(=O)O)cn1. The molecule has 0 aliphatic carbocycles. The lowest BCUT2D eigenvalue weighted by Crippen LogP contribution is -2.22. The first-order valence-corrected chi connectivity index (χ1v) is 6.88. The van der Waals surface area contributed by atoms with Crippen LogP contribution in [0.3, 0.4) is 0 Å². The van der Waals surface area contributed by atoms with Gasteiger partial charge in [0.25, 0.3) is 0 Å². The standard InChI is InChI=1S/C10H14N2O6S/c1-17-4-5-18-9-3-2-8(6-11-9)12-19(15,16)7-10(13)14/h2-3,6,12H,4-5,7H2,1H3,(H,13,14). The van der Waals surface area contributed by atoms with E-state index < -0.39 is 21.7 Å². The second kappa shape index (κ2) is 6.90. The van der Waals surface area contributed by atoms with Crippen LogP contribution in [0.2, 0.25) is 0 Å². The number of carbonyl (C=O) groups is 1. The van der Waals surface area contributed by atoms with Gasteiger partial charge in [0.05, 0.1) is 18.5 Å². The smallest absolute Gasteiger partial charge is 0.320 e. The van der Waals surface area contributed by atoms with E-state index >= 15 is 0 Å². The topological polar surface area (TPSA) is 115 Å². The summed E-state index contributed by atoms with van der Waals surface area (Å²) in [4.78, 5) is 14.2. The summed E-state index contributed by atoms with van der Waals surface area (Å²) in [6.45, 7) is 0.738. The van der Waals surface area contributed by atoms with Crippen LogP contribution in [0.25, 0.3) is 0 Å². The number of pyridine rings is 1. The molecule has 8 nitrogen and oxygen atoms in total. The minimum Gasteiger partial charge on any atom is -0.480 e. The molecule has 106 valence electrons. The largest absolute Gasteiger partial charge is 0.480 e. The van der Waals surface area contributed by atoms with E-state index in [2.05, 4.69) is 9.71 Å². The van der Waals surface area contributed by atoms with E-state index in [1.54, 1.807) is 0 Å². The maximum absolute atomic E-state index is 11.3. The van der Waals surface area contributed by atoms with E-state index in [4.69, 9.17) is 14.6 Å². The molecule has 0 spiro atoms. The Morgan fingerprint density at radius 2 is 2.16 bits per heavy atom. The number of hydrogen-bond donors (Lipinski definition) is 2. The molecule has 0 atom stereocenters. The Bertz CT molecular complexity index is 513. The highest BCUT2D eigenvalue weighted by atomic mass is 32.2. The summed E-state index contributed by atoms with van der Waals surface area (Å²) in [5.74, 6) is -2.11. The molecule has 0 unspecified atom stereocenters. The van der Waals surface area contributed by atoms with E-state index in [1.807, 2.05) is 0 Å². The predicted octanol–water partition coefficient (Wildman–Crippen LogP) is -0.0669. The Morgan fingerprint density at radius 3 is 2.68 bits per heavy atom. The first-order valence-electron chi connectivity index (χ1n) is 5.23. The van der Waals surface area contributed by atoms with Crippen LogP contribution in [0.5, 0.6) is 5.88 Å². The summed E-state index contributed by atoms with van der Waals surface area (Å²) in [6.07, 6.45) is 1.24. The van der Waals surface area contributed by atoms with E-state index in [9.17, 15) is 13.2 Å². The second-order valence-electron chi connectivity index (χ2n) is 3.48. The van der Waals surface area contributed by atoms with Gasteiger partial charge in [0.1, 0.15) is 6.61 Å². The molecule has 0 aliphatic rings. The summed E-state index contributed by atoms with van der Waals surface area (Å²) < 4.78 is 34.7. The fourth-order valence-corrected chi connectivity index (χ4v) is 2.01. The van der Waals surface area contributed by atoms with Gasteiger partial charge in [-0.05, 0) is 6.07 Å². The van der Waals surface area contributed by atoms with Gasteiger partial charge >= 0.3 is 5.97 Å². The van der Waals surface area contributed by atoms with Crippen molar-refractivity contribution in [1.82, 2.24) is 4.98 Å². The number of rotatable bonds is 8. The van der Waals surface area contributed by atoms with Crippen molar-refractivity contribution in [2.75, 3.05) is 30.8 Å². The van der Waals surface area contributed by atoms with Gasteiger partial charge in [0.2, 0.25) is 15.9 Å². The molecule has 0 aliphatic heterocycles. The van der Waals surface area contributed by atoms with Crippen molar-refractivity contribution in [2.45, 2.75) is 0 Å². The van der Waals surface area contributed by atoms with E-state index in [-0.39, 0.29) is 5.69 Å². The van der Waals surface area contributed by atoms with Crippen LogP contribution in [0.15, 0.2) is 18.3 Å². The number of aromatic nitrogens is 1. The zero-order chi connectivity index (χ0) is 14.3. The first kappa shape index (κ1) is 15.2. The number of methoxy groups -OCH3 is 1. The van der Waals surface area contributed by atoms with Crippen molar-refractivity contribution >= 4 is 21.7 Å². The lowest BCUT2D eigenvalue weighted by atomic mass is 10.4. The van der Waals surface area contributed by atoms with E-state index in [0.29, 0.717) is 19.1 Å². The molecule has 0 amide bonds. The van der Waals surface area contributed by atoms with Gasteiger partial charge in [-0.1, -0.05) is 0 Å². The zero-order valence-electron chi connectivity index (χ0n) is 10.2. The Hall–Kier alpha value is -1.87. The van der Waals surface area contributed by atoms with Crippen LogP contribution in [-0.2, 0) is 19.6 Å². The van der Waals surface area contributed by atoms with E-state index in [1.165, 1.54) is 25.4 Å². The Kier molecular flexibility index (Phi) is 5.52. The third-order valence-corrected chi connectivity index (χ3v) is 3.03. The van der Waals surface area contributed by atoms with Crippen molar-refractivity contribution in [3.8, 4) is 5.88 Å². The van der Waals surface area contributed by atoms with Crippen molar-refractivity contribution < 1.29 is 27.8 Å². The molecule has 0 aromatic carbocycles. The normalized spacial score (nSPS) is 11.0. The maximum Gasteiger partial charge on any atom is 0.320 e. The van der Waals surface area contributed by atoms with Gasteiger partial charge in [-0.3, -0.25) is 9.52 Å². The van der Waals surface area contributed by atoms with Gasteiger partial charge in [-0.15, -0.1) is 0 Å².